The van der Waals surface area contributed by atoms with Crippen molar-refractivity contribution < 1.29 is 23.5 Å². The zero-order chi connectivity index (χ0) is 15.8. The number of aryl methyl sites for hydroxylation is 1. The van der Waals surface area contributed by atoms with Crippen LogP contribution in [-0.2, 0) is 4.79 Å². The predicted molar refractivity (Wildman–Crippen MR) is 72.0 cm³/mol. The van der Waals surface area contributed by atoms with E-state index in [4.69, 9.17) is 5.11 Å². The molecule has 1 aromatic rings. The van der Waals surface area contributed by atoms with Crippen molar-refractivity contribution in [3.8, 4) is 0 Å². The fourth-order valence-corrected chi connectivity index (χ4v) is 2.43. The third-order valence-electron chi connectivity index (χ3n) is 4.17. The van der Waals surface area contributed by atoms with Crippen LogP contribution < -0.4 is 0 Å². The Labute approximate surface area is 121 Å². The molecule has 4 nitrogen and oxygen atoms in total. The number of hydrogen-bond donors (Lipinski definition) is 1. The van der Waals surface area contributed by atoms with Gasteiger partial charge in [-0.1, -0.05) is 6.07 Å². The van der Waals surface area contributed by atoms with Crippen LogP contribution in [0.3, 0.4) is 0 Å². The summed E-state index contributed by atoms with van der Waals surface area (Å²) in [7, 11) is 0. The van der Waals surface area contributed by atoms with Crippen molar-refractivity contribution in [3.05, 3.63) is 34.9 Å². The van der Waals surface area contributed by atoms with Crippen LogP contribution in [0.15, 0.2) is 12.1 Å². The van der Waals surface area contributed by atoms with E-state index in [9.17, 15) is 18.4 Å². The first-order valence-corrected chi connectivity index (χ1v) is 6.73. The lowest BCUT2D eigenvalue weighted by atomic mass is 9.80. The molecule has 0 aromatic heterocycles. The quantitative estimate of drug-likeness (QED) is 0.913. The van der Waals surface area contributed by atoms with Crippen molar-refractivity contribution in [2.45, 2.75) is 26.7 Å². The molecule has 0 bridgehead atoms. The van der Waals surface area contributed by atoms with Crippen molar-refractivity contribution in [3.63, 3.8) is 0 Å². The lowest BCUT2D eigenvalue weighted by Gasteiger charge is -2.36. The third kappa shape index (κ3) is 2.75. The Morgan fingerprint density at radius 2 is 1.81 bits per heavy atom. The molecule has 0 radical (unpaired) electrons. The van der Waals surface area contributed by atoms with Gasteiger partial charge in [0.05, 0.1) is 5.41 Å². The number of carbonyl (C=O) groups is 2. The molecule has 1 aliphatic rings. The first-order chi connectivity index (χ1) is 9.76. The van der Waals surface area contributed by atoms with Crippen molar-refractivity contribution >= 4 is 11.9 Å². The van der Waals surface area contributed by atoms with Crippen molar-refractivity contribution in [1.29, 1.82) is 0 Å². The van der Waals surface area contributed by atoms with E-state index in [-0.39, 0.29) is 31.5 Å². The second-order valence-electron chi connectivity index (χ2n) is 5.71. The van der Waals surface area contributed by atoms with Gasteiger partial charge in [0.15, 0.2) is 0 Å². The van der Waals surface area contributed by atoms with Crippen LogP contribution >= 0.6 is 0 Å². The highest BCUT2D eigenvalue weighted by Gasteiger charge is 2.39. The number of amides is 1. The number of hydrogen-bond acceptors (Lipinski definition) is 2. The Kier molecular flexibility index (Phi) is 3.98. The van der Waals surface area contributed by atoms with Crippen molar-refractivity contribution in [2.24, 2.45) is 5.41 Å². The number of carboxylic acid groups (broad SMARTS) is 1. The van der Waals surface area contributed by atoms with Gasteiger partial charge < -0.3 is 10.0 Å². The zero-order valence-corrected chi connectivity index (χ0v) is 11.9. The van der Waals surface area contributed by atoms with E-state index in [0.29, 0.717) is 0 Å². The maximum atomic E-state index is 14.0. The molecule has 114 valence electrons. The molecule has 1 aliphatic heterocycles. The van der Waals surface area contributed by atoms with Gasteiger partial charge in [-0.3, -0.25) is 9.59 Å². The number of nitrogens with zero attached hydrogens (tertiary/aromatic N) is 1. The number of piperidine rings is 1. The van der Waals surface area contributed by atoms with Crippen LogP contribution in [0.5, 0.6) is 0 Å². The number of aliphatic carboxylic acids is 1. The lowest BCUT2D eigenvalue weighted by Crippen LogP contribution is -2.45. The number of benzene rings is 1. The average molecular weight is 297 g/mol. The first-order valence-electron chi connectivity index (χ1n) is 6.73. The van der Waals surface area contributed by atoms with E-state index in [1.54, 1.807) is 6.92 Å². The van der Waals surface area contributed by atoms with Gasteiger partial charge in [0, 0.05) is 13.1 Å². The highest BCUT2D eigenvalue weighted by Crippen LogP contribution is 2.32. The molecule has 1 N–H and O–H groups in total. The summed E-state index contributed by atoms with van der Waals surface area (Å²) >= 11 is 0. The molecular formula is C15H17F2NO3. The largest absolute Gasteiger partial charge is 0.481 e. The minimum absolute atomic E-state index is 0.175. The van der Waals surface area contributed by atoms with Crippen LogP contribution in [-0.4, -0.2) is 35.0 Å². The molecule has 1 amide bonds. The Balaban J connectivity index is 2.20. The average Bonchev–Trinajstić information content (AvgIpc) is 2.44. The summed E-state index contributed by atoms with van der Waals surface area (Å²) in [6.45, 7) is 3.43. The maximum absolute atomic E-state index is 14.0. The molecule has 0 unspecified atom stereocenters. The molecule has 0 aliphatic carbocycles. The van der Waals surface area contributed by atoms with Crippen molar-refractivity contribution in [2.75, 3.05) is 13.1 Å². The third-order valence-corrected chi connectivity index (χ3v) is 4.17. The van der Waals surface area contributed by atoms with E-state index in [0.717, 1.165) is 6.07 Å². The van der Waals surface area contributed by atoms with Crippen LogP contribution in [0.4, 0.5) is 8.78 Å². The van der Waals surface area contributed by atoms with Crippen molar-refractivity contribution in [1.82, 2.24) is 4.90 Å². The van der Waals surface area contributed by atoms with Crippen LogP contribution in [0, 0.1) is 24.0 Å². The molecule has 0 saturated carbocycles. The Hall–Kier alpha value is -1.98. The lowest BCUT2D eigenvalue weighted by molar-refractivity contribution is -0.150. The number of carbonyl (C=O) groups excluding carboxylic acids is 1. The summed E-state index contributed by atoms with van der Waals surface area (Å²) in [6, 6.07) is 2.34. The molecule has 1 saturated heterocycles. The summed E-state index contributed by atoms with van der Waals surface area (Å²) in [5, 5.41) is 9.14. The van der Waals surface area contributed by atoms with E-state index in [1.165, 1.54) is 17.9 Å². The minimum atomic E-state index is -0.914. The number of carboxylic acids is 1. The van der Waals surface area contributed by atoms with E-state index in [2.05, 4.69) is 0 Å². The van der Waals surface area contributed by atoms with Gasteiger partial charge in [0.1, 0.15) is 17.2 Å². The van der Waals surface area contributed by atoms with Gasteiger partial charge in [0.2, 0.25) is 0 Å². The molecule has 0 atom stereocenters. The van der Waals surface area contributed by atoms with E-state index >= 15 is 0 Å². The molecule has 1 fully saturated rings. The van der Waals surface area contributed by atoms with Gasteiger partial charge in [-0.2, -0.15) is 0 Å². The molecule has 2 rings (SSSR count). The van der Waals surface area contributed by atoms with Gasteiger partial charge in [-0.15, -0.1) is 0 Å². The smallest absolute Gasteiger partial charge is 0.309 e. The fourth-order valence-electron chi connectivity index (χ4n) is 2.43. The van der Waals surface area contributed by atoms with Gasteiger partial charge in [-0.25, -0.2) is 8.78 Å². The number of rotatable bonds is 2. The Morgan fingerprint density at radius 3 is 2.33 bits per heavy atom. The molecule has 1 aromatic carbocycles. The van der Waals surface area contributed by atoms with Gasteiger partial charge in [0.25, 0.3) is 5.91 Å². The number of halogens is 2. The zero-order valence-electron chi connectivity index (χ0n) is 11.9. The highest BCUT2D eigenvalue weighted by atomic mass is 19.1. The maximum Gasteiger partial charge on any atom is 0.309 e. The summed E-state index contributed by atoms with van der Waals surface area (Å²) in [5.74, 6) is -3.38. The normalized spacial score (nSPS) is 17.6. The fraction of sp³-hybridized carbons (Fsp3) is 0.467. The van der Waals surface area contributed by atoms with Gasteiger partial charge in [-0.05, 0) is 38.3 Å². The molecule has 0 spiro atoms. The summed E-state index contributed by atoms with van der Waals surface area (Å²) in [5.41, 5.74) is -1.25. The monoisotopic (exact) mass is 297 g/mol. The van der Waals surface area contributed by atoms with Crippen LogP contribution in [0.25, 0.3) is 0 Å². The van der Waals surface area contributed by atoms with E-state index in [1.807, 2.05) is 0 Å². The Bertz CT molecular complexity index is 593. The van der Waals surface area contributed by atoms with Crippen LogP contribution in [0.2, 0.25) is 0 Å². The summed E-state index contributed by atoms with van der Waals surface area (Å²) in [4.78, 5) is 24.7. The molecule has 6 heteroatoms. The Morgan fingerprint density at radius 1 is 1.24 bits per heavy atom. The number of likely N-dealkylation sites (tertiary alicyclic amines) is 1. The second-order valence-corrected chi connectivity index (χ2v) is 5.71. The standard InChI is InChI=1S/C15H17F2NO3/c1-9-3-4-10(16)11(12(9)17)13(19)18-7-5-15(2,6-8-18)14(20)21/h3-4H,5-8H2,1-2H3,(H,20,21). The predicted octanol–water partition coefficient (Wildman–Crippen LogP) is 2.60. The van der Waals surface area contributed by atoms with Gasteiger partial charge >= 0.3 is 5.97 Å². The topological polar surface area (TPSA) is 57.6 Å². The van der Waals surface area contributed by atoms with Crippen LogP contribution in [0.1, 0.15) is 35.7 Å². The molecule has 1 heterocycles. The summed E-state index contributed by atoms with van der Waals surface area (Å²) in [6.07, 6.45) is 0.534. The molecule has 21 heavy (non-hydrogen) atoms. The SMILES string of the molecule is Cc1ccc(F)c(C(=O)N2CCC(C)(C(=O)O)CC2)c1F. The first kappa shape index (κ1) is 15.4. The highest BCUT2D eigenvalue weighted by molar-refractivity contribution is 5.95. The molecular weight excluding hydrogens is 280 g/mol. The minimum Gasteiger partial charge on any atom is -0.481 e. The van der Waals surface area contributed by atoms with E-state index < -0.39 is 34.5 Å². The second kappa shape index (κ2) is 5.42. The summed E-state index contributed by atoms with van der Waals surface area (Å²) < 4.78 is 27.7.